The lowest BCUT2D eigenvalue weighted by Gasteiger charge is -2.49. The Hall–Kier alpha value is -2.84. The van der Waals surface area contributed by atoms with Crippen molar-refractivity contribution in [2.75, 3.05) is 50.3 Å². The quantitative estimate of drug-likeness (QED) is 0.0641. The van der Waals surface area contributed by atoms with Crippen molar-refractivity contribution >= 4 is 75.0 Å². The number of carbonyl (C=O) groups excluding carboxylic acids is 2. The Morgan fingerprint density at radius 1 is 1.21 bits per heavy atom. The van der Waals surface area contributed by atoms with Crippen molar-refractivity contribution in [1.29, 1.82) is 0 Å². The summed E-state index contributed by atoms with van der Waals surface area (Å²) in [5, 5.41) is 23.7. The van der Waals surface area contributed by atoms with E-state index >= 15 is 0 Å². The van der Waals surface area contributed by atoms with Crippen LogP contribution in [-0.2, 0) is 28.7 Å². The van der Waals surface area contributed by atoms with Crippen LogP contribution in [0.25, 0.3) is 0 Å². The first-order valence-corrected chi connectivity index (χ1v) is 17.1. The molecule has 4 N–H and O–H groups in total. The van der Waals surface area contributed by atoms with Crippen LogP contribution in [0.2, 0.25) is 0 Å². The fourth-order valence-electron chi connectivity index (χ4n) is 4.05. The highest BCUT2D eigenvalue weighted by atomic mass is 32.2. The Morgan fingerprint density at radius 3 is 2.70 bits per heavy atom. The lowest BCUT2D eigenvalue weighted by molar-refractivity contribution is -0.150. The highest BCUT2D eigenvalue weighted by Gasteiger charge is 2.54. The fraction of sp³-hybridized carbons (Fsp3) is 0.583. The number of oxime groups is 1. The summed E-state index contributed by atoms with van der Waals surface area (Å²) >= 11 is 4.93. The van der Waals surface area contributed by atoms with Gasteiger partial charge in [-0.15, -0.1) is 22.0 Å². The number of fused-ring (bicyclic) bond motifs is 1. The van der Waals surface area contributed by atoms with Gasteiger partial charge < -0.3 is 30.5 Å². The molecule has 1 unspecified atom stereocenters. The van der Waals surface area contributed by atoms with Crippen molar-refractivity contribution in [1.82, 2.24) is 29.8 Å². The number of rotatable bonds is 19. The average Bonchev–Trinajstić information content (AvgIpc) is 3.68. The average molecular weight is 673 g/mol. The summed E-state index contributed by atoms with van der Waals surface area (Å²) in [6.07, 6.45) is 4.56. The highest BCUT2D eigenvalue weighted by Crippen LogP contribution is 2.41. The molecule has 2 aliphatic rings. The largest absolute Gasteiger partial charge is 0.477 e. The van der Waals surface area contributed by atoms with E-state index in [1.807, 2.05) is 0 Å². The Balaban J connectivity index is 1.30. The lowest BCUT2D eigenvalue weighted by atomic mass is 10.0. The summed E-state index contributed by atoms with van der Waals surface area (Å²) in [4.78, 5) is 48.9. The summed E-state index contributed by atoms with van der Waals surface area (Å²) in [6.45, 7) is 3.99. The number of nitrogens with one attached hydrogen (secondary N) is 1. The summed E-state index contributed by atoms with van der Waals surface area (Å²) in [5.74, 6) is -1.86. The van der Waals surface area contributed by atoms with Gasteiger partial charge in [-0.05, 0) is 12.0 Å². The monoisotopic (exact) mass is 672 g/mol. The van der Waals surface area contributed by atoms with Crippen molar-refractivity contribution in [3.63, 3.8) is 0 Å². The third-order valence-electron chi connectivity index (χ3n) is 6.10. The van der Waals surface area contributed by atoms with Crippen LogP contribution in [0, 0.1) is 0 Å². The van der Waals surface area contributed by atoms with Crippen LogP contribution in [0.15, 0.2) is 26.3 Å². The molecule has 19 heteroatoms. The van der Waals surface area contributed by atoms with E-state index in [-0.39, 0.29) is 35.6 Å². The fourth-order valence-corrected chi connectivity index (χ4v) is 7.46. The molecule has 2 amide bonds. The van der Waals surface area contributed by atoms with Gasteiger partial charge in [0.15, 0.2) is 9.47 Å². The first-order chi connectivity index (χ1) is 20.9. The molecule has 0 aromatic carbocycles. The molecule has 0 aliphatic carbocycles. The number of nitrogen functional groups attached to an aromatic ring is 1. The first kappa shape index (κ1) is 33.1. The number of unbranched alkanes of at least 4 members (excludes halogenated alkanes) is 3. The van der Waals surface area contributed by atoms with E-state index in [9.17, 15) is 19.5 Å². The van der Waals surface area contributed by atoms with Crippen LogP contribution in [0.4, 0.5) is 5.13 Å². The summed E-state index contributed by atoms with van der Waals surface area (Å²) in [5.41, 5.74) is 7.53. The number of nitrogens with two attached hydrogens (primary N) is 1. The Bertz CT molecular complexity index is 1310. The van der Waals surface area contributed by atoms with E-state index < -0.39 is 29.2 Å². The molecule has 0 spiro atoms. The molecule has 234 valence electrons. The molecule has 0 bridgehead atoms. The second-order valence-corrected chi connectivity index (χ2v) is 13.1. The molecule has 0 saturated carbocycles. The van der Waals surface area contributed by atoms with Crippen LogP contribution in [0.3, 0.4) is 0 Å². The smallest absolute Gasteiger partial charge is 0.352 e. The Kier molecular flexibility index (Phi) is 13.0. The van der Waals surface area contributed by atoms with Crippen LogP contribution in [-0.4, -0.2) is 109 Å². The van der Waals surface area contributed by atoms with Crippen molar-refractivity contribution in [2.45, 2.75) is 48.4 Å². The van der Waals surface area contributed by atoms with Crippen LogP contribution >= 0.6 is 46.4 Å². The van der Waals surface area contributed by atoms with E-state index in [1.54, 1.807) is 5.51 Å². The van der Waals surface area contributed by atoms with E-state index in [4.69, 9.17) is 20.0 Å². The standard InChI is InChI=1S/C24H32N8O7S4/c1-2-3-4-5-6-37-7-8-38-9-10-39-30-15(18-28-23(25)43-31-18)19(33)27-16-20(34)32-17(22(35)36)14(11-40-21(16)32)12-41-24-29-26-13-42-24/h13,16,21H,2-12H2,1H3,(H,27,33)(H,35,36)(H2,25,28,31)/t16?,21-/m0/s1. The normalized spacial score (nSPS) is 18.4. The van der Waals surface area contributed by atoms with Gasteiger partial charge in [0.05, 0.1) is 19.8 Å². The Labute approximate surface area is 264 Å². The van der Waals surface area contributed by atoms with Gasteiger partial charge in [-0.1, -0.05) is 54.4 Å². The number of carboxylic acid groups (broad SMARTS) is 1. The molecule has 2 atom stereocenters. The van der Waals surface area contributed by atoms with Crippen molar-refractivity contribution in [2.24, 2.45) is 5.16 Å². The third-order valence-corrected chi connectivity index (χ3v) is 9.93. The zero-order valence-corrected chi connectivity index (χ0v) is 26.6. The minimum atomic E-state index is -1.21. The number of carbonyl (C=O) groups is 3. The number of amides is 2. The maximum atomic E-state index is 13.2. The number of nitrogens with zero attached hydrogens (tertiary/aromatic N) is 6. The van der Waals surface area contributed by atoms with E-state index in [0.29, 0.717) is 41.2 Å². The first-order valence-electron chi connectivity index (χ1n) is 13.5. The predicted octanol–water partition coefficient (Wildman–Crippen LogP) is 1.84. The maximum Gasteiger partial charge on any atom is 0.352 e. The molecule has 1 fully saturated rings. The number of ether oxygens (including phenoxy) is 2. The summed E-state index contributed by atoms with van der Waals surface area (Å²) in [6, 6.07) is -0.976. The van der Waals surface area contributed by atoms with Gasteiger partial charge in [-0.2, -0.15) is 9.36 Å². The molecule has 2 aromatic heterocycles. The molecule has 4 heterocycles. The van der Waals surface area contributed by atoms with E-state index in [0.717, 1.165) is 24.4 Å². The molecule has 4 rings (SSSR count). The van der Waals surface area contributed by atoms with Gasteiger partial charge in [0, 0.05) is 29.6 Å². The van der Waals surface area contributed by atoms with Crippen molar-refractivity contribution < 1.29 is 33.8 Å². The van der Waals surface area contributed by atoms with Gasteiger partial charge in [0.25, 0.3) is 11.8 Å². The van der Waals surface area contributed by atoms with Crippen LogP contribution < -0.4 is 11.1 Å². The number of thioether (sulfide) groups is 2. The predicted molar refractivity (Wildman–Crippen MR) is 163 cm³/mol. The van der Waals surface area contributed by atoms with E-state index in [2.05, 4.69) is 37.0 Å². The highest BCUT2D eigenvalue weighted by molar-refractivity contribution is 8.01. The number of aliphatic carboxylic acids is 1. The molecule has 15 nitrogen and oxygen atoms in total. The van der Waals surface area contributed by atoms with Crippen LogP contribution in [0.5, 0.6) is 0 Å². The zero-order chi connectivity index (χ0) is 30.6. The minimum absolute atomic E-state index is 0.0477. The second-order valence-electron chi connectivity index (χ2n) is 9.13. The van der Waals surface area contributed by atoms with Gasteiger partial charge in [0.2, 0.25) is 11.5 Å². The number of hydrogen-bond donors (Lipinski definition) is 3. The van der Waals surface area contributed by atoms with Gasteiger partial charge >= 0.3 is 5.97 Å². The number of anilines is 1. The Morgan fingerprint density at radius 2 is 2.00 bits per heavy atom. The molecule has 2 aromatic rings. The topological polar surface area (TPSA) is 204 Å². The number of β-lactam (4-membered cyclic amide) rings is 1. The summed E-state index contributed by atoms with van der Waals surface area (Å²) < 4.78 is 15.7. The SMILES string of the molecule is CCCCCCOCCOCCON=C(C(=O)NC1C(=O)N2C(C(=O)O)=C(CSc3nncs3)CS[C@@H]12)c1nsc(N)n1. The molecular weight excluding hydrogens is 641 g/mol. The molecular formula is C24H32N8O7S4. The van der Waals surface area contributed by atoms with E-state index in [1.165, 1.54) is 52.6 Å². The zero-order valence-electron chi connectivity index (χ0n) is 23.3. The molecule has 0 radical (unpaired) electrons. The number of hydrogen-bond acceptors (Lipinski definition) is 16. The van der Waals surface area contributed by atoms with Crippen molar-refractivity contribution in [3.8, 4) is 0 Å². The second kappa shape index (κ2) is 16.9. The van der Waals surface area contributed by atoms with Gasteiger partial charge in [-0.3, -0.25) is 14.5 Å². The van der Waals surface area contributed by atoms with Gasteiger partial charge in [-0.25, -0.2) is 4.79 Å². The number of carboxylic acids is 1. The maximum absolute atomic E-state index is 13.2. The van der Waals surface area contributed by atoms with Crippen molar-refractivity contribution in [3.05, 3.63) is 22.6 Å². The van der Waals surface area contributed by atoms with Crippen LogP contribution in [0.1, 0.15) is 38.4 Å². The van der Waals surface area contributed by atoms with Gasteiger partial charge in [0.1, 0.15) is 29.2 Å². The molecule has 2 aliphatic heterocycles. The lowest BCUT2D eigenvalue weighted by Crippen LogP contribution is -2.71. The third kappa shape index (κ3) is 9.08. The minimum Gasteiger partial charge on any atom is -0.477 e. The molecule has 43 heavy (non-hydrogen) atoms. The summed E-state index contributed by atoms with van der Waals surface area (Å²) in [7, 11) is 0. The molecule has 1 saturated heterocycles. The number of aromatic nitrogens is 4.